The number of rotatable bonds is 4. The Balaban J connectivity index is 1.49. The van der Waals surface area contributed by atoms with Crippen molar-refractivity contribution in [3.63, 3.8) is 0 Å². The lowest BCUT2D eigenvalue weighted by atomic mass is 9.87. The van der Waals surface area contributed by atoms with Gasteiger partial charge in [-0.15, -0.1) is 11.3 Å². The van der Waals surface area contributed by atoms with Gasteiger partial charge in [0, 0.05) is 4.88 Å². The molecule has 2 aromatic heterocycles. The van der Waals surface area contributed by atoms with E-state index in [4.69, 9.17) is 0 Å². The molecule has 1 atom stereocenters. The van der Waals surface area contributed by atoms with Gasteiger partial charge in [-0.05, 0) is 54.7 Å². The third-order valence-electron chi connectivity index (χ3n) is 5.86. The highest BCUT2D eigenvalue weighted by atomic mass is 32.1. The second-order valence-electron chi connectivity index (χ2n) is 9.13. The summed E-state index contributed by atoms with van der Waals surface area (Å²) >= 11 is 1.61. The third kappa shape index (κ3) is 4.32. The highest BCUT2D eigenvalue weighted by Crippen LogP contribution is 2.33. The van der Waals surface area contributed by atoms with Gasteiger partial charge in [-0.3, -0.25) is 14.2 Å². The van der Waals surface area contributed by atoms with Crippen molar-refractivity contribution in [1.29, 1.82) is 0 Å². The molecule has 0 unspecified atom stereocenters. The smallest absolute Gasteiger partial charge is 0.263 e. The summed E-state index contributed by atoms with van der Waals surface area (Å²) in [5.41, 5.74) is 5.75. The number of hydrazone groups is 1. The summed E-state index contributed by atoms with van der Waals surface area (Å²) in [6.45, 7) is 8.18. The van der Waals surface area contributed by atoms with E-state index in [-0.39, 0.29) is 16.9 Å². The number of carbonyl (C=O) groups excluding carboxylic acids is 1. The number of benzene rings is 1. The molecule has 31 heavy (non-hydrogen) atoms. The fourth-order valence-electron chi connectivity index (χ4n) is 3.89. The lowest BCUT2D eigenvalue weighted by molar-refractivity contribution is -0.123. The predicted molar refractivity (Wildman–Crippen MR) is 126 cm³/mol. The Kier molecular flexibility index (Phi) is 5.79. The minimum Gasteiger partial charge on any atom is -0.286 e. The van der Waals surface area contributed by atoms with Gasteiger partial charge in [-0.2, -0.15) is 5.10 Å². The van der Waals surface area contributed by atoms with Crippen LogP contribution in [0.4, 0.5) is 0 Å². The molecule has 0 fully saturated rings. The maximum Gasteiger partial charge on any atom is 0.263 e. The molecule has 162 valence electrons. The lowest BCUT2D eigenvalue weighted by Crippen LogP contribution is -2.34. The number of thiophene rings is 1. The first kappa shape index (κ1) is 21.4. The Bertz CT molecular complexity index is 1200. The van der Waals surface area contributed by atoms with Crippen molar-refractivity contribution in [3.05, 3.63) is 62.5 Å². The first-order chi connectivity index (χ1) is 14.8. The molecule has 0 bridgehead atoms. The van der Waals surface area contributed by atoms with E-state index in [0.29, 0.717) is 5.39 Å². The molecule has 7 heteroatoms. The molecule has 0 aliphatic heterocycles. The summed E-state index contributed by atoms with van der Waals surface area (Å²) < 4.78 is 1.41. The second-order valence-corrected chi connectivity index (χ2v) is 10.2. The van der Waals surface area contributed by atoms with E-state index in [0.717, 1.165) is 41.6 Å². The van der Waals surface area contributed by atoms with Crippen molar-refractivity contribution >= 4 is 33.7 Å². The van der Waals surface area contributed by atoms with Crippen molar-refractivity contribution in [2.45, 2.75) is 64.8 Å². The summed E-state index contributed by atoms with van der Waals surface area (Å²) in [5, 5.41) is 4.76. The maximum absolute atomic E-state index is 13.1. The van der Waals surface area contributed by atoms with E-state index in [2.05, 4.69) is 48.4 Å². The van der Waals surface area contributed by atoms with Crippen LogP contribution in [0.15, 0.2) is 40.5 Å². The van der Waals surface area contributed by atoms with Gasteiger partial charge in [0.05, 0.1) is 17.9 Å². The summed E-state index contributed by atoms with van der Waals surface area (Å²) in [7, 11) is 0. The molecule has 0 saturated carbocycles. The molecule has 0 radical (unpaired) electrons. The Morgan fingerprint density at radius 2 is 1.94 bits per heavy atom. The maximum atomic E-state index is 13.1. The van der Waals surface area contributed by atoms with Crippen LogP contribution in [-0.4, -0.2) is 21.7 Å². The Morgan fingerprint density at radius 3 is 2.65 bits per heavy atom. The number of carbonyl (C=O) groups is 1. The first-order valence-electron chi connectivity index (χ1n) is 10.7. The Hall–Kier alpha value is -2.80. The largest absolute Gasteiger partial charge is 0.286 e. The normalized spacial score (nSPS) is 15.2. The first-order valence-corrected chi connectivity index (χ1v) is 11.5. The van der Waals surface area contributed by atoms with Gasteiger partial charge in [-0.1, -0.05) is 45.0 Å². The fourth-order valence-corrected chi connectivity index (χ4v) is 5.11. The van der Waals surface area contributed by atoms with Crippen LogP contribution in [0.5, 0.6) is 0 Å². The molecule has 1 N–H and O–H groups in total. The topological polar surface area (TPSA) is 76.3 Å². The molecule has 4 rings (SSSR count). The van der Waals surface area contributed by atoms with E-state index >= 15 is 0 Å². The molecule has 1 aliphatic carbocycles. The van der Waals surface area contributed by atoms with Crippen LogP contribution < -0.4 is 11.0 Å². The zero-order valence-electron chi connectivity index (χ0n) is 18.4. The van der Waals surface area contributed by atoms with Gasteiger partial charge in [-0.25, -0.2) is 10.4 Å². The number of aryl methyl sites for hydroxylation is 2. The Labute approximate surface area is 186 Å². The highest BCUT2D eigenvalue weighted by molar-refractivity contribution is 7.18. The highest BCUT2D eigenvalue weighted by Gasteiger charge is 2.23. The standard InChI is InChI=1S/C24H28N4O2S/c1-15(21(29)27-26-13-16-9-11-17(12-10-16)24(2,3)4)28-14-25-22-20(23(28)30)18-7-5-6-8-19(18)31-22/h9-15H,5-8H2,1-4H3,(H,27,29)/b26-13+/t15-/m0/s1. The monoisotopic (exact) mass is 436 g/mol. The minimum atomic E-state index is -0.705. The molecular formula is C24H28N4O2S. The summed E-state index contributed by atoms with van der Waals surface area (Å²) in [6.07, 6.45) is 7.26. The Morgan fingerprint density at radius 1 is 1.23 bits per heavy atom. The molecule has 0 saturated heterocycles. The molecule has 1 aromatic carbocycles. The van der Waals surface area contributed by atoms with Gasteiger partial charge >= 0.3 is 0 Å². The zero-order valence-corrected chi connectivity index (χ0v) is 19.3. The second kappa shape index (κ2) is 8.38. The van der Waals surface area contributed by atoms with Gasteiger partial charge < -0.3 is 0 Å². The van der Waals surface area contributed by atoms with Crippen LogP contribution in [-0.2, 0) is 23.1 Å². The van der Waals surface area contributed by atoms with E-state index in [1.54, 1.807) is 24.5 Å². The van der Waals surface area contributed by atoms with Crippen molar-refractivity contribution in [3.8, 4) is 0 Å². The number of hydrogen-bond donors (Lipinski definition) is 1. The quantitative estimate of drug-likeness (QED) is 0.488. The fraction of sp³-hybridized carbons (Fsp3) is 0.417. The van der Waals surface area contributed by atoms with Crippen molar-refractivity contribution in [2.24, 2.45) is 5.10 Å². The van der Waals surface area contributed by atoms with E-state index in [1.807, 2.05) is 12.1 Å². The number of hydrogen-bond acceptors (Lipinski definition) is 5. The zero-order chi connectivity index (χ0) is 22.2. The summed E-state index contributed by atoms with van der Waals surface area (Å²) in [4.78, 5) is 32.3. The van der Waals surface area contributed by atoms with Crippen LogP contribution in [0.2, 0.25) is 0 Å². The third-order valence-corrected chi connectivity index (χ3v) is 7.06. The predicted octanol–water partition coefficient (Wildman–Crippen LogP) is 4.35. The number of aromatic nitrogens is 2. The number of amides is 1. The molecule has 2 heterocycles. The molecule has 3 aromatic rings. The molecular weight excluding hydrogens is 408 g/mol. The van der Waals surface area contributed by atoms with Gasteiger partial charge in [0.15, 0.2) is 0 Å². The SMILES string of the molecule is C[C@@H](C(=O)N/N=C/c1ccc(C(C)(C)C)cc1)n1cnc2sc3c(c2c1=O)CCCC3. The van der Waals surface area contributed by atoms with Crippen molar-refractivity contribution in [1.82, 2.24) is 15.0 Å². The van der Waals surface area contributed by atoms with Crippen LogP contribution in [0, 0.1) is 0 Å². The number of nitrogens with zero attached hydrogens (tertiary/aromatic N) is 3. The average molecular weight is 437 g/mol. The minimum absolute atomic E-state index is 0.0867. The van der Waals surface area contributed by atoms with E-state index in [1.165, 1.54) is 21.3 Å². The van der Waals surface area contributed by atoms with Crippen LogP contribution in [0.1, 0.15) is 68.1 Å². The lowest BCUT2D eigenvalue weighted by Gasteiger charge is -2.18. The van der Waals surface area contributed by atoms with E-state index < -0.39 is 6.04 Å². The molecule has 6 nitrogen and oxygen atoms in total. The molecule has 1 amide bonds. The molecule has 0 spiro atoms. The van der Waals surface area contributed by atoms with Crippen molar-refractivity contribution < 1.29 is 4.79 Å². The van der Waals surface area contributed by atoms with Crippen LogP contribution >= 0.6 is 11.3 Å². The van der Waals surface area contributed by atoms with Crippen LogP contribution in [0.3, 0.4) is 0 Å². The van der Waals surface area contributed by atoms with Gasteiger partial charge in [0.25, 0.3) is 11.5 Å². The summed E-state index contributed by atoms with van der Waals surface area (Å²) in [5.74, 6) is -0.352. The van der Waals surface area contributed by atoms with Crippen LogP contribution in [0.25, 0.3) is 10.2 Å². The molecule has 1 aliphatic rings. The van der Waals surface area contributed by atoms with Gasteiger partial charge in [0.2, 0.25) is 0 Å². The van der Waals surface area contributed by atoms with E-state index in [9.17, 15) is 9.59 Å². The number of fused-ring (bicyclic) bond motifs is 3. The van der Waals surface area contributed by atoms with Gasteiger partial charge in [0.1, 0.15) is 10.9 Å². The average Bonchev–Trinajstić information content (AvgIpc) is 3.12. The number of nitrogens with one attached hydrogen (secondary N) is 1. The van der Waals surface area contributed by atoms with Crippen molar-refractivity contribution in [2.75, 3.05) is 0 Å². The summed E-state index contributed by atoms with van der Waals surface area (Å²) in [6, 6.07) is 7.37.